The number of carboxylic acids is 1. The number of amides is 1. The third-order valence-corrected chi connectivity index (χ3v) is 10.2. The highest BCUT2D eigenvalue weighted by atomic mass is 32.2. The van der Waals surface area contributed by atoms with E-state index in [9.17, 15) is 31.5 Å². The number of carbonyl (C=O) groups excluding carboxylic acids is 1. The zero-order chi connectivity index (χ0) is 31.4. The van der Waals surface area contributed by atoms with Gasteiger partial charge in [0.2, 0.25) is 10.0 Å². The van der Waals surface area contributed by atoms with E-state index in [4.69, 9.17) is 15.6 Å². The standard InChI is InChI=1S/C25H34N4O4S2.C2HF3O2/c1-4-35(32,33)29-7-5-17(6-8-29)23-12-27-24-21(23)10-18(11-22(24)25(26)31)19-9-20(34-15-19)13-28(3)16(2)14-30;3-2(4,5)1(6)7/h9-12,15-17,27,30H,4-8,13-14H2,1-3H3,(H2,26,31);(H,6,7)/t16-;/m0./s1. The minimum atomic E-state index is -5.08. The minimum Gasteiger partial charge on any atom is -0.475 e. The number of aliphatic carboxylic acids is 1. The number of halogens is 3. The number of aliphatic hydroxyl groups excluding tert-OH is 1. The molecule has 15 heteroatoms. The Kier molecular flexibility index (Phi) is 10.8. The molecule has 0 unspecified atom stereocenters. The molecule has 4 rings (SSSR count). The summed E-state index contributed by atoms with van der Waals surface area (Å²) in [6.45, 7) is 5.50. The van der Waals surface area contributed by atoms with Crippen molar-refractivity contribution in [3.63, 3.8) is 0 Å². The van der Waals surface area contributed by atoms with Gasteiger partial charge in [0.25, 0.3) is 5.91 Å². The van der Waals surface area contributed by atoms with Crippen LogP contribution in [0.4, 0.5) is 13.2 Å². The smallest absolute Gasteiger partial charge is 0.475 e. The van der Waals surface area contributed by atoms with Gasteiger partial charge in [0.05, 0.1) is 23.4 Å². The molecule has 0 aliphatic carbocycles. The summed E-state index contributed by atoms with van der Waals surface area (Å²) in [6.07, 6.45) is -1.67. The molecule has 0 bridgehead atoms. The summed E-state index contributed by atoms with van der Waals surface area (Å²) in [7, 11) is -1.20. The summed E-state index contributed by atoms with van der Waals surface area (Å²) >= 11 is 1.65. The van der Waals surface area contributed by atoms with Gasteiger partial charge in [-0.25, -0.2) is 17.5 Å². The van der Waals surface area contributed by atoms with Crippen LogP contribution >= 0.6 is 11.3 Å². The predicted molar refractivity (Wildman–Crippen MR) is 155 cm³/mol. The molecule has 10 nitrogen and oxygen atoms in total. The number of alkyl halides is 3. The van der Waals surface area contributed by atoms with Crippen molar-refractivity contribution in [3.8, 4) is 11.1 Å². The molecule has 1 atom stereocenters. The summed E-state index contributed by atoms with van der Waals surface area (Å²) in [4.78, 5) is 27.8. The van der Waals surface area contributed by atoms with Crippen LogP contribution in [0, 0.1) is 0 Å². The Bertz CT molecular complexity index is 1510. The van der Waals surface area contributed by atoms with Crippen molar-refractivity contribution in [2.24, 2.45) is 5.73 Å². The molecule has 1 aliphatic rings. The first-order valence-corrected chi connectivity index (χ1v) is 15.7. The maximum Gasteiger partial charge on any atom is 0.490 e. The maximum atomic E-state index is 12.3. The largest absolute Gasteiger partial charge is 0.490 e. The number of benzene rings is 1. The average molecular weight is 633 g/mol. The third-order valence-electron chi connectivity index (χ3n) is 7.39. The van der Waals surface area contributed by atoms with Gasteiger partial charge in [-0.15, -0.1) is 11.3 Å². The van der Waals surface area contributed by atoms with E-state index in [-0.39, 0.29) is 24.3 Å². The van der Waals surface area contributed by atoms with Gasteiger partial charge in [-0.3, -0.25) is 9.69 Å². The van der Waals surface area contributed by atoms with E-state index in [1.807, 2.05) is 26.2 Å². The molecule has 1 fully saturated rings. The summed E-state index contributed by atoms with van der Waals surface area (Å²) in [6, 6.07) is 6.14. The van der Waals surface area contributed by atoms with E-state index in [2.05, 4.69) is 27.4 Å². The zero-order valence-electron chi connectivity index (χ0n) is 23.4. The van der Waals surface area contributed by atoms with Crippen molar-refractivity contribution < 1.29 is 41.4 Å². The molecule has 1 saturated heterocycles. The number of carbonyl (C=O) groups is 2. The monoisotopic (exact) mass is 632 g/mol. The Morgan fingerprint density at radius 1 is 1.21 bits per heavy atom. The average Bonchev–Trinajstić information content (AvgIpc) is 3.59. The van der Waals surface area contributed by atoms with E-state index in [0.717, 1.165) is 47.0 Å². The predicted octanol–water partition coefficient (Wildman–Crippen LogP) is 3.97. The van der Waals surface area contributed by atoms with Crippen molar-refractivity contribution in [3.05, 3.63) is 45.8 Å². The number of aromatic nitrogens is 1. The van der Waals surface area contributed by atoms with Crippen LogP contribution in [0.3, 0.4) is 0 Å². The van der Waals surface area contributed by atoms with Gasteiger partial charge >= 0.3 is 12.1 Å². The number of hydrogen-bond donors (Lipinski definition) is 4. The first kappa shape index (κ1) is 33.5. The van der Waals surface area contributed by atoms with Gasteiger partial charge in [-0.1, -0.05) is 0 Å². The fourth-order valence-corrected chi connectivity index (χ4v) is 6.82. The maximum absolute atomic E-state index is 12.3. The van der Waals surface area contributed by atoms with Crippen LogP contribution in [-0.2, 0) is 21.4 Å². The Hall–Kier alpha value is -2.98. The van der Waals surface area contributed by atoms with Crippen LogP contribution in [-0.4, -0.2) is 89.4 Å². The summed E-state index contributed by atoms with van der Waals surface area (Å²) in [5.74, 6) is -2.92. The Balaban J connectivity index is 0.000000616. The Labute approximate surface area is 246 Å². The van der Waals surface area contributed by atoms with Crippen LogP contribution in [0.5, 0.6) is 0 Å². The molecule has 232 valence electrons. The number of fused-ring (bicyclic) bond motifs is 1. The number of likely N-dealkylation sites (N-methyl/N-ethyl adjacent to an activating group) is 1. The number of piperidine rings is 1. The molecular formula is C27H35F3N4O6S2. The number of nitrogens with one attached hydrogen (secondary N) is 1. The Morgan fingerprint density at radius 3 is 2.36 bits per heavy atom. The fourth-order valence-electron chi connectivity index (χ4n) is 4.74. The van der Waals surface area contributed by atoms with Crippen LogP contribution in [0.1, 0.15) is 53.4 Å². The van der Waals surface area contributed by atoms with Crippen LogP contribution in [0.15, 0.2) is 29.8 Å². The highest BCUT2D eigenvalue weighted by molar-refractivity contribution is 7.89. The first-order chi connectivity index (χ1) is 19.6. The molecule has 2 aromatic heterocycles. The number of hydrogen-bond acceptors (Lipinski definition) is 7. The quantitative estimate of drug-likeness (QED) is 0.278. The van der Waals surface area contributed by atoms with Crippen molar-refractivity contribution in [2.45, 2.75) is 51.4 Å². The van der Waals surface area contributed by atoms with Gasteiger partial charge in [0, 0.05) is 42.1 Å². The second-order valence-corrected chi connectivity index (χ2v) is 13.4. The first-order valence-electron chi connectivity index (χ1n) is 13.2. The lowest BCUT2D eigenvalue weighted by atomic mass is 9.88. The molecule has 3 heterocycles. The number of primary amides is 1. The zero-order valence-corrected chi connectivity index (χ0v) is 25.1. The number of rotatable bonds is 9. The fraction of sp³-hybridized carbons (Fsp3) is 0.481. The molecule has 3 aromatic rings. The van der Waals surface area contributed by atoms with Crippen molar-refractivity contribution in [2.75, 3.05) is 32.5 Å². The van der Waals surface area contributed by atoms with Crippen molar-refractivity contribution in [1.82, 2.24) is 14.2 Å². The number of nitrogens with two attached hydrogens (primary N) is 1. The van der Waals surface area contributed by atoms with Gasteiger partial charge < -0.3 is 20.9 Å². The third kappa shape index (κ3) is 7.89. The van der Waals surface area contributed by atoms with Crippen LogP contribution < -0.4 is 5.73 Å². The molecule has 1 aliphatic heterocycles. The van der Waals surface area contributed by atoms with E-state index in [1.165, 1.54) is 4.88 Å². The van der Waals surface area contributed by atoms with Gasteiger partial charge in [-0.05, 0) is 79.9 Å². The number of H-pyrrole nitrogens is 1. The van der Waals surface area contributed by atoms with Crippen molar-refractivity contribution in [1.29, 1.82) is 0 Å². The van der Waals surface area contributed by atoms with Gasteiger partial charge in [-0.2, -0.15) is 13.2 Å². The lowest BCUT2D eigenvalue weighted by Crippen LogP contribution is -2.38. The SMILES string of the molecule is CCS(=O)(=O)N1CCC(c2c[nH]c3c(C(N)=O)cc(-c4csc(CN(C)[C@@H](C)CO)c4)cc23)CC1.O=C(O)C(F)(F)F. The highest BCUT2D eigenvalue weighted by Crippen LogP contribution is 2.38. The van der Waals surface area contributed by atoms with E-state index >= 15 is 0 Å². The number of carboxylic acid groups (broad SMARTS) is 1. The topological polar surface area (TPSA) is 157 Å². The van der Waals surface area contributed by atoms with Gasteiger partial charge in [0.15, 0.2) is 0 Å². The number of sulfonamides is 1. The summed E-state index contributed by atoms with van der Waals surface area (Å²) in [5, 5.41) is 19.6. The van der Waals surface area contributed by atoms with Crippen molar-refractivity contribution >= 4 is 44.1 Å². The van der Waals surface area contributed by atoms with Crippen LogP contribution in [0.25, 0.3) is 22.0 Å². The number of aromatic amines is 1. The second-order valence-electron chi connectivity index (χ2n) is 10.2. The van der Waals surface area contributed by atoms with E-state index < -0.39 is 28.1 Å². The highest BCUT2D eigenvalue weighted by Gasteiger charge is 2.38. The summed E-state index contributed by atoms with van der Waals surface area (Å²) < 4.78 is 57.8. The lowest BCUT2D eigenvalue weighted by Gasteiger charge is -2.31. The molecule has 42 heavy (non-hydrogen) atoms. The molecule has 5 N–H and O–H groups in total. The summed E-state index contributed by atoms with van der Waals surface area (Å²) in [5.41, 5.74) is 9.99. The number of thiophene rings is 1. The molecule has 0 saturated carbocycles. The number of aliphatic hydroxyl groups is 1. The Morgan fingerprint density at radius 2 is 1.83 bits per heavy atom. The molecule has 0 spiro atoms. The molecule has 0 radical (unpaired) electrons. The molecular weight excluding hydrogens is 597 g/mol. The van der Waals surface area contributed by atoms with E-state index in [1.54, 1.807) is 22.6 Å². The second kappa shape index (κ2) is 13.5. The molecule has 1 aromatic carbocycles. The van der Waals surface area contributed by atoms with Crippen LogP contribution in [0.2, 0.25) is 0 Å². The van der Waals surface area contributed by atoms with Gasteiger partial charge in [0.1, 0.15) is 0 Å². The lowest BCUT2D eigenvalue weighted by molar-refractivity contribution is -0.192. The normalized spacial score (nSPS) is 15.9. The molecule has 1 amide bonds. The number of nitrogens with zero attached hydrogens (tertiary/aromatic N) is 2. The minimum absolute atomic E-state index is 0.0690. The van der Waals surface area contributed by atoms with E-state index in [0.29, 0.717) is 18.7 Å².